The van der Waals surface area contributed by atoms with E-state index in [4.69, 9.17) is 5.11 Å². The van der Waals surface area contributed by atoms with Gasteiger partial charge in [-0.2, -0.15) is 4.31 Å². The summed E-state index contributed by atoms with van der Waals surface area (Å²) >= 11 is 0. The topological polar surface area (TPSA) is 57.6 Å². The first-order chi connectivity index (χ1) is 8.71. The third kappa shape index (κ3) is 3.35. The Morgan fingerprint density at radius 2 is 1.84 bits per heavy atom. The summed E-state index contributed by atoms with van der Waals surface area (Å²) in [6.45, 7) is 7.49. The number of rotatable bonds is 5. The van der Waals surface area contributed by atoms with Crippen LogP contribution in [-0.2, 0) is 16.6 Å². The maximum absolute atomic E-state index is 12.6. The van der Waals surface area contributed by atoms with Crippen molar-refractivity contribution in [1.29, 1.82) is 0 Å². The second-order valence-electron chi connectivity index (χ2n) is 5.26. The molecule has 1 N–H and O–H groups in total. The van der Waals surface area contributed by atoms with Gasteiger partial charge < -0.3 is 5.11 Å². The number of aryl methyl sites for hydroxylation is 1. The molecule has 1 aromatic rings. The van der Waals surface area contributed by atoms with Crippen LogP contribution in [0.1, 0.15) is 31.9 Å². The van der Waals surface area contributed by atoms with E-state index in [1.165, 1.54) is 4.31 Å². The van der Waals surface area contributed by atoms with Crippen LogP contribution in [0, 0.1) is 12.8 Å². The monoisotopic (exact) mass is 285 g/mol. The van der Waals surface area contributed by atoms with E-state index in [1.807, 2.05) is 20.8 Å². The van der Waals surface area contributed by atoms with Crippen molar-refractivity contribution in [2.24, 2.45) is 5.92 Å². The number of aliphatic hydroxyl groups excluding tert-OH is 1. The first-order valence-corrected chi connectivity index (χ1v) is 7.84. The van der Waals surface area contributed by atoms with Crippen LogP contribution in [0.25, 0.3) is 0 Å². The average Bonchev–Trinajstić information content (AvgIpc) is 2.37. The Labute approximate surface area is 116 Å². The lowest BCUT2D eigenvalue weighted by Gasteiger charge is -2.28. The van der Waals surface area contributed by atoms with E-state index in [9.17, 15) is 8.42 Å². The van der Waals surface area contributed by atoms with Crippen LogP contribution in [0.4, 0.5) is 0 Å². The highest BCUT2D eigenvalue weighted by Gasteiger charge is 2.28. The molecule has 108 valence electrons. The molecule has 1 aromatic carbocycles. The lowest BCUT2D eigenvalue weighted by Crippen LogP contribution is -2.38. The Kier molecular flexibility index (Phi) is 5.12. The number of benzene rings is 1. The summed E-state index contributed by atoms with van der Waals surface area (Å²) in [5.74, 6) is 0.237. The summed E-state index contributed by atoms with van der Waals surface area (Å²) in [6, 6.07) is 4.93. The number of sulfonamides is 1. The average molecular weight is 285 g/mol. The largest absolute Gasteiger partial charge is 0.392 e. The molecule has 0 aliphatic rings. The molecule has 4 nitrogen and oxygen atoms in total. The summed E-state index contributed by atoms with van der Waals surface area (Å²) in [5.41, 5.74) is 1.30. The third-order valence-corrected chi connectivity index (χ3v) is 5.72. The molecule has 0 spiro atoms. The molecular weight excluding hydrogens is 262 g/mol. The minimum Gasteiger partial charge on any atom is -0.392 e. The summed E-state index contributed by atoms with van der Waals surface area (Å²) in [5, 5.41) is 9.15. The van der Waals surface area contributed by atoms with Crippen LogP contribution in [-0.4, -0.2) is 30.9 Å². The second kappa shape index (κ2) is 6.03. The fourth-order valence-electron chi connectivity index (χ4n) is 1.81. The fraction of sp³-hybridized carbons (Fsp3) is 0.571. The van der Waals surface area contributed by atoms with Gasteiger partial charge in [-0.25, -0.2) is 8.42 Å². The summed E-state index contributed by atoms with van der Waals surface area (Å²) in [4.78, 5) is 0.272. The zero-order valence-electron chi connectivity index (χ0n) is 12.2. The third-order valence-electron chi connectivity index (χ3n) is 3.63. The summed E-state index contributed by atoms with van der Waals surface area (Å²) in [6.07, 6.45) is 0. The molecule has 0 aromatic heterocycles. The van der Waals surface area contributed by atoms with Crippen molar-refractivity contribution in [1.82, 2.24) is 4.31 Å². The molecule has 5 heteroatoms. The van der Waals surface area contributed by atoms with Gasteiger partial charge in [0.2, 0.25) is 10.0 Å². The predicted molar refractivity (Wildman–Crippen MR) is 76.4 cm³/mol. The Morgan fingerprint density at radius 1 is 1.26 bits per heavy atom. The molecule has 1 unspecified atom stereocenters. The van der Waals surface area contributed by atoms with Gasteiger partial charge in [0.05, 0.1) is 11.5 Å². The van der Waals surface area contributed by atoms with Crippen molar-refractivity contribution in [2.45, 2.75) is 45.2 Å². The highest BCUT2D eigenvalue weighted by molar-refractivity contribution is 7.89. The van der Waals surface area contributed by atoms with Gasteiger partial charge >= 0.3 is 0 Å². The van der Waals surface area contributed by atoms with Gasteiger partial charge in [0, 0.05) is 13.1 Å². The quantitative estimate of drug-likeness (QED) is 0.902. The van der Waals surface area contributed by atoms with Crippen molar-refractivity contribution >= 4 is 10.0 Å². The summed E-state index contributed by atoms with van der Waals surface area (Å²) < 4.78 is 26.6. The van der Waals surface area contributed by atoms with Gasteiger partial charge in [-0.1, -0.05) is 26.0 Å². The molecule has 0 aliphatic carbocycles. The zero-order valence-corrected chi connectivity index (χ0v) is 13.0. The van der Waals surface area contributed by atoms with E-state index < -0.39 is 10.0 Å². The number of aliphatic hydroxyl groups is 1. The maximum Gasteiger partial charge on any atom is 0.243 e. The van der Waals surface area contributed by atoms with E-state index in [0.29, 0.717) is 11.1 Å². The van der Waals surface area contributed by atoms with Gasteiger partial charge in [-0.05, 0) is 37.0 Å². The first kappa shape index (κ1) is 16.1. The molecular formula is C14H23NO3S. The van der Waals surface area contributed by atoms with Gasteiger partial charge in [-0.3, -0.25) is 0 Å². The van der Waals surface area contributed by atoms with Gasteiger partial charge in [0.25, 0.3) is 0 Å². The Bertz CT molecular complexity index is 538. The van der Waals surface area contributed by atoms with Gasteiger partial charge in [-0.15, -0.1) is 0 Å². The normalized spacial score (nSPS) is 14.1. The number of nitrogens with zero attached hydrogens (tertiary/aromatic N) is 1. The molecule has 0 saturated carbocycles. The smallest absolute Gasteiger partial charge is 0.243 e. The Balaban J connectivity index is 3.27. The lowest BCUT2D eigenvalue weighted by molar-refractivity contribution is 0.281. The van der Waals surface area contributed by atoms with Crippen molar-refractivity contribution < 1.29 is 13.5 Å². The molecule has 0 saturated heterocycles. The molecule has 0 aliphatic heterocycles. The molecule has 19 heavy (non-hydrogen) atoms. The van der Waals surface area contributed by atoms with Crippen LogP contribution in [0.2, 0.25) is 0 Å². The van der Waals surface area contributed by atoms with Crippen LogP contribution in [0.15, 0.2) is 23.1 Å². The molecule has 0 amide bonds. The Hall–Kier alpha value is -0.910. The highest BCUT2D eigenvalue weighted by Crippen LogP contribution is 2.24. The fourth-order valence-corrected chi connectivity index (χ4v) is 3.58. The Morgan fingerprint density at radius 3 is 2.32 bits per heavy atom. The van der Waals surface area contributed by atoms with Gasteiger partial charge in [0.15, 0.2) is 0 Å². The van der Waals surface area contributed by atoms with E-state index in [2.05, 4.69) is 0 Å². The highest BCUT2D eigenvalue weighted by atomic mass is 32.2. The van der Waals surface area contributed by atoms with Crippen molar-refractivity contribution in [2.75, 3.05) is 7.05 Å². The number of hydrogen-bond donors (Lipinski definition) is 1. The molecule has 0 radical (unpaired) electrons. The van der Waals surface area contributed by atoms with Crippen LogP contribution in [0.3, 0.4) is 0 Å². The van der Waals surface area contributed by atoms with Crippen molar-refractivity contribution in [3.05, 3.63) is 29.3 Å². The second-order valence-corrected chi connectivity index (χ2v) is 7.23. The van der Waals surface area contributed by atoms with Crippen LogP contribution < -0.4 is 0 Å². The number of hydrogen-bond acceptors (Lipinski definition) is 3. The van der Waals surface area contributed by atoms with Crippen molar-refractivity contribution in [3.8, 4) is 0 Å². The van der Waals surface area contributed by atoms with Crippen molar-refractivity contribution in [3.63, 3.8) is 0 Å². The molecule has 1 rings (SSSR count). The van der Waals surface area contributed by atoms with Crippen LogP contribution >= 0.6 is 0 Å². The van der Waals surface area contributed by atoms with E-state index >= 15 is 0 Å². The minimum absolute atomic E-state index is 0.0813. The molecule has 1 atom stereocenters. The van der Waals surface area contributed by atoms with Crippen LogP contribution in [0.5, 0.6) is 0 Å². The standard InChI is InChI=1S/C14H23NO3S/c1-10(2)12(4)15(5)19(17,18)14-8-13(9-16)7-6-11(14)3/h6-8,10,12,16H,9H2,1-5H3. The zero-order chi connectivity index (χ0) is 14.8. The van der Waals surface area contributed by atoms with E-state index in [0.717, 1.165) is 0 Å². The van der Waals surface area contributed by atoms with E-state index in [1.54, 1.807) is 32.2 Å². The predicted octanol–water partition coefficient (Wildman–Crippen LogP) is 2.15. The maximum atomic E-state index is 12.6. The first-order valence-electron chi connectivity index (χ1n) is 6.40. The lowest BCUT2D eigenvalue weighted by atomic mass is 10.1. The SMILES string of the molecule is Cc1ccc(CO)cc1S(=O)(=O)N(C)C(C)C(C)C. The summed E-state index contributed by atoms with van der Waals surface area (Å²) in [7, 11) is -1.92. The van der Waals surface area contributed by atoms with Gasteiger partial charge in [0.1, 0.15) is 0 Å². The molecule has 0 heterocycles. The molecule has 0 bridgehead atoms. The van der Waals surface area contributed by atoms with E-state index in [-0.39, 0.29) is 23.5 Å². The minimum atomic E-state index is -3.52. The molecule has 0 fully saturated rings.